The summed E-state index contributed by atoms with van der Waals surface area (Å²) in [4.78, 5) is 6.43. The molecule has 0 bridgehead atoms. The first-order valence-corrected chi connectivity index (χ1v) is 9.43. The van der Waals surface area contributed by atoms with E-state index in [2.05, 4.69) is 53.2 Å². The lowest BCUT2D eigenvalue weighted by Crippen LogP contribution is -2.17. The summed E-state index contributed by atoms with van der Waals surface area (Å²) in [5, 5.41) is 4.47. The maximum atomic E-state index is 6.02. The monoisotopic (exact) mass is 380 g/mol. The highest BCUT2D eigenvalue weighted by molar-refractivity contribution is 5.43. The van der Waals surface area contributed by atoms with Crippen LogP contribution in [0.4, 0.5) is 0 Å². The van der Waals surface area contributed by atoms with Crippen molar-refractivity contribution in [2.45, 2.75) is 33.5 Å². The zero-order chi connectivity index (χ0) is 19.9. The lowest BCUT2D eigenvalue weighted by Gasteiger charge is -2.18. The molecule has 0 radical (unpaired) electrons. The van der Waals surface area contributed by atoms with Crippen molar-refractivity contribution in [3.8, 4) is 11.5 Å². The molecule has 0 unspecified atom stereocenters. The molecule has 3 aromatic rings. The summed E-state index contributed by atoms with van der Waals surface area (Å²) in [5.74, 6) is 1.50. The summed E-state index contributed by atoms with van der Waals surface area (Å²) in [6.07, 6.45) is 3.70. The summed E-state index contributed by atoms with van der Waals surface area (Å²) in [7, 11) is 3.76. The fraction of sp³-hybridized carbons (Fsp3) is 0.364. The summed E-state index contributed by atoms with van der Waals surface area (Å²) in [6.45, 7) is 6.94. The molecular weight excluding hydrogens is 352 g/mol. The Bertz CT molecular complexity index is 893. The molecular formula is C22H28N4O2. The van der Waals surface area contributed by atoms with Gasteiger partial charge in [-0.2, -0.15) is 5.10 Å². The van der Waals surface area contributed by atoms with E-state index < -0.39 is 0 Å². The van der Waals surface area contributed by atoms with Gasteiger partial charge in [-0.1, -0.05) is 12.1 Å². The second kappa shape index (κ2) is 9.37. The largest absolute Gasteiger partial charge is 0.493 e. The third-order valence-electron chi connectivity index (χ3n) is 4.52. The molecule has 0 fully saturated rings. The Labute approximate surface area is 166 Å². The topological polar surface area (TPSA) is 52.4 Å². The highest BCUT2D eigenvalue weighted by Crippen LogP contribution is 2.28. The minimum Gasteiger partial charge on any atom is -0.493 e. The number of nitrogens with zero attached hydrogens (tertiary/aromatic N) is 4. The molecule has 2 aromatic heterocycles. The van der Waals surface area contributed by atoms with Crippen LogP contribution in [0, 0.1) is 13.8 Å². The first-order valence-electron chi connectivity index (χ1n) is 9.43. The lowest BCUT2D eigenvalue weighted by atomic mass is 10.1. The van der Waals surface area contributed by atoms with Crippen LogP contribution in [0.5, 0.6) is 11.5 Å². The molecule has 6 nitrogen and oxygen atoms in total. The van der Waals surface area contributed by atoms with Crippen LogP contribution in [0.3, 0.4) is 0 Å². The van der Waals surface area contributed by atoms with Gasteiger partial charge in [0, 0.05) is 31.2 Å². The molecule has 0 saturated carbocycles. The number of rotatable bonds is 9. The molecule has 0 amide bonds. The van der Waals surface area contributed by atoms with Crippen molar-refractivity contribution < 1.29 is 9.47 Å². The zero-order valence-electron chi connectivity index (χ0n) is 17.1. The van der Waals surface area contributed by atoms with Crippen LogP contribution in [0.15, 0.2) is 48.8 Å². The van der Waals surface area contributed by atoms with Gasteiger partial charge in [-0.25, -0.2) is 0 Å². The Morgan fingerprint density at radius 2 is 1.86 bits per heavy atom. The van der Waals surface area contributed by atoms with E-state index in [9.17, 15) is 0 Å². The van der Waals surface area contributed by atoms with E-state index in [1.54, 1.807) is 13.3 Å². The van der Waals surface area contributed by atoms with Gasteiger partial charge in [-0.3, -0.25) is 14.6 Å². The molecule has 0 N–H and O–H groups in total. The molecule has 0 aliphatic carbocycles. The van der Waals surface area contributed by atoms with Gasteiger partial charge in [0.05, 0.1) is 19.3 Å². The Hall–Kier alpha value is -2.86. The summed E-state index contributed by atoms with van der Waals surface area (Å²) < 4.78 is 13.5. The Morgan fingerprint density at radius 1 is 1.04 bits per heavy atom. The summed E-state index contributed by atoms with van der Waals surface area (Å²) in [5.41, 5.74) is 4.53. The van der Waals surface area contributed by atoms with Gasteiger partial charge in [0.2, 0.25) is 0 Å². The maximum Gasteiger partial charge on any atom is 0.161 e. The molecule has 2 heterocycles. The number of hydrogen-bond donors (Lipinski definition) is 0. The highest BCUT2D eigenvalue weighted by Gasteiger charge is 2.09. The summed E-state index contributed by atoms with van der Waals surface area (Å²) in [6, 6.07) is 12.2. The van der Waals surface area contributed by atoms with Crippen LogP contribution in [-0.2, 0) is 19.6 Å². The fourth-order valence-corrected chi connectivity index (χ4v) is 3.25. The SMILES string of the molecule is COc1ccc(CN(C)Cc2cccnc2)cc1OCCn1nc(C)cc1C. The minimum atomic E-state index is 0.535. The van der Waals surface area contributed by atoms with E-state index in [1.807, 2.05) is 29.9 Å². The molecule has 6 heteroatoms. The van der Waals surface area contributed by atoms with Gasteiger partial charge in [-0.15, -0.1) is 0 Å². The van der Waals surface area contributed by atoms with Crippen LogP contribution in [-0.4, -0.2) is 40.4 Å². The first kappa shape index (κ1) is 19.9. The van der Waals surface area contributed by atoms with Gasteiger partial charge in [0.25, 0.3) is 0 Å². The van der Waals surface area contributed by atoms with Gasteiger partial charge in [0.1, 0.15) is 6.61 Å². The first-order chi connectivity index (χ1) is 13.5. The average molecular weight is 380 g/mol. The predicted molar refractivity (Wildman–Crippen MR) is 110 cm³/mol. The van der Waals surface area contributed by atoms with Crippen LogP contribution in [0.2, 0.25) is 0 Å². The average Bonchev–Trinajstić information content (AvgIpc) is 3.00. The second-order valence-corrected chi connectivity index (χ2v) is 7.02. The normalized spacial score (nSPS) is 11.0. The van der Waals surface area contributed by atoms with E-state index in [1.165, 1.54) is 11.1 Å². The van der Waals surface area contributed by atoms with Crippen molar-refractivity contribution in [3.05, 3.63) is 71.3 Å². The van der Waals surface area contributed by atoms with Crippen molar-refractivity contribution >= 4 is 0 Å². The molecule has 28 heavy (non-hydrogen) atoms. The third-order valence-corrected chi connectivity index (χ3v) is 4.52. The standard InChI is InChI=1S/C22H28N4O2/c1-17-12-18(2)26(24-17)10-11-28-22-13-19(7-8-21(22)27-4)15-25(3)16-20-6-5-9-23-14-20/h5-9,12-14H,10-11,15-16H2,1-4H3. The number of hydrogen-bond acceptors (Lipinski definition) is 5. The van der Waals surface area contributed by atoms with Crippen LogP contribution >= 0.6 is 0 Å². The molecule has 0 atom stereocenters. The number of aryl methyl sites for hydroxylation is 2. The Balaban J connectivity index is 1.61. The quantitative estimate of drug-likeness (QED) is 0.568. The van der Waals surface area contributed by atoms with Gasteiger partial charge < -0.3 is 9.47 Å². The zero-order valence-corrected chi connectivity index (χ0v) is 17.1. The lowest BCUT2D eigenvalue weighted by molar-refractivity contribution is 0.271. The Kier molecular flexibility index (Phi) is 6.66. The van der Waals surface area contributed by atoms with Crippen molar-refractivity contribution in [2.75, 3.05) is 20.8 Å². The van der Waals surface area contributed by atoms with Crippen molar-refractivity contribution in [1.82, 2.24) is 19.7 Å². The maximum absolute atomic E-state index is 6.02. The molecule has 148 valence electrons. The van der Waals surface area contributed by atoms with Gasteiger partial charge in [0.15, 0.2) is 11.5 Å². The number of ether oxygens (including phenoxy) is 2. The van der Waals surface area contributed by atoms with E-state index in [-0.39, 0.29) is 0 Å². The van der Waals surface area contributed by atoms with Crippen LogP contribution in [0.1, 0.15) is 22.5 Å². The number of methoxy groups -OCH3 is 1. The van der Waals surface area contributed by atoms with Crippen molar-refractivity contribution in [1.29, 1.82) is 0 Å². The second-order valence-electron chi connectivity index (χ2n) is 7.02. The van der Waals surface area contributed by atoms with Gasteiger partial charge >= 0.3 is 0 Å². The molecule has 0 saturated heterocycles. The molecule has 0 spiro atoms. The van der Waals surface area contributed by atoms with Crippen LogP contribution in [0.25, 0.3) is 0 Å². The van der Waals surface area contributed by atoms with Gasteiger partial charge in [-0.05, 0) is 56.3 Å². The number of benzene rings is 1. The molecule has 0 aliphatic heterocycles. The predicted octanol–water partition coefficient (Wildman–Crippen LogP) is 3.61. The van der Waals surface area contributed by atoms with Crippen LogP contribution < -0.4 is 9.47 Å². The highest BCUT2D eigenvalue weighted by atomic mass is 16.5. The number of aromatic nitrogens is 3. The van der Waals surface area contributed by atoms with Crippen molar-refractivity contribution in [2.24, 2.45) is 0 Å². The third kappa shape index (κ3) is 5.33. The van der Waals surface area contributed by atoms with E-state index in [4.69, 9.17) is 9.47 Å². The fourth-order valence-electron chi connectivity index (χ4n) is 3.25. The molecule has 3 rings (SSSR count). The molecule has 0 aliphatic rings. The Morgan fingerprint density at radius 3 is 2.54 bits per heavy atom. The van der Waals surface area contributed by atoms with E-state index in [0.29, 0.717) is 13.2 Å². The molecule has 1 aromatic carbocycles. The smallest absolute Gasteiger partial charge is 0.161 e. The number of pyridine rings is 1. The van der Waals surface area contributed by atoms with Crippen molar-refractivity contribution in [3.63, 3.8) is 0 Å². The van der Waals surface area contributed by atoms with E-state index >= 15 is 0 Å². The summed E-state index contributed by atoms with van der Waals surface area (Å²) >= 11 is 0. The minimum absolute atomic E-state index is 0.535. The van der Waals surface area contributed by atoms with E-state index in [0.717, 1.165) is 36.0 Å².